The van der Waals surface area contributed by atoms with E-state index in [-0.39, 0.29) is 30.0 Å². The molecule has 2 rings (SSSR count). The molecular weight excluding hydrogens is 193 g/mol. The number of para-hydroxylation sites is 1. The number of hydrogen-bond donors (Lipinski definition) is 1. The molecular formula is C13H15LiNO. The molecule has 79 valence electrons. The van der Waals surface area contributed by atoms with Crippen LogP contribution in [0.15, 0.2) is 30.3 Å². The number of aromatic hydroxyl groups is 1. The SMILES string of the molecule is CC(C)(C)c1ccc2cccc(O)c2n1.[Li]. The third-order valence-electron chi connectivity index (χ3n) is 2.47. The summed E-state index contributed by atoms with van der Waals surface area (Å²) in [4.78, 5) is 4.50. The molecule has 1 N–H and O–H groups in total. The fourth-order valence-electron chi connectivity index (χ4n) is 1.55. The molecule has 1 radical (unpaired) electrons. The predicted octanol–water partition coefficient (Wildman–Crippen LogP) is 2.86. The molecule has 16 heavy (non-hydrogen) atoms. The van der Waals surface area contributed by atoms with Gasteiger partial charge in [0.2, 0.25) is 0 Å². The van der Waals surface area contributed by atoms with E-state index in [9.17, 15) is 5.11 Å². The summed E-state index contributed by atoms with van der Waals surface area (Å²) in [5, 5.41) is 10.7. The molecule has 1 aromatic carbocycles. The van der Waals surface area contributed by atoms with Gasteiger partial charge in [0.25, 0.3) is 0 Å². The van der Waals surface area contributed by atoms with Crippen molar-refractivity contribution in [3.63, 3.8) is 0 Å². The molecule has 3 heteroatoms. The van der Waals surface area contributed by atoms with Gasteiger partial charge in [-0.15, -0.1) is 0 Å². The van der Waals surface area contributed by atoms with Crippen LogP contribution in [0.1, 0.15) is 26.5 Å². The summed E-state index contributed by atoms with van der Waals surface area (Å²) in [5.74, 6) is 0.249. The molecule has 0 atom stereocenters. The Morgan fingerprint density at radius 1 is 1.06 bits per heavy atom. The molecule has 0 bridgehead atoms. The number of hydrogen-bond acceptors (Lipinski definition) is 2. The van der Waals surface area contributed by atoms with Crippen LogP contribution in [0.25, 0.3) is 10.9 Å². The number of phenolic OH excluding ortho intramolecular Hbond substituents is 1. The third-order valence-corrected chi connectivity index (χ3v) is 2.47. The first-order chi connectivity index (χ1) is 6.98. The van der Waals surface area contributed by atoms with Gasteiger partial charge < -0.3 is 5.11 Å². The summed E-state index contributed by atoms with van der Waals surface area (Å²) in [7, 11) is 0. The predicted molar refractivity (Wildman–Crippen MR) is 67.9 cm³/mol. The van der Waals surface area contributed by atoms with Gasteiger partial charge in [-0.2, -0.15) is 0 Å². The normalized spacial score (nSPS) is 11.2. The van der Waals surface area contributed by atoms with Crippen molar-refractivity contribution >= 4 is 29.8 Å². The molecule has 0 aliphatic rings. The monoisotopic (exact) mass is 208 g/mol. The summed E-state index contributed by atoms with van der Waals surface area (Å²) in [5.41, 5.74) is 1.69. The van der Waals surface area contributed by atoms with Crippen molar-refractivity contribution in [2.24, 2.45) is 0 Å². The van der Waals surface area contributed by atoms with Gasteiger partial charge >= 0.3 is 0 Å². The number of nitrogens with zero attached hydrogens (tertiary/aromatic N) is 1. The van der Waals surface area contributed by atoms with E-state index in [0.717, 1.165) is 11.1 Å². The quantitative estimate of drug-likeness (QED) is 0.675. The van der Waals surface area contributed by atoms with Gasteiger partial charge in [0.15, 0.2) is 0 Å². The Bertz CT molecular complexity index is 503. The van der Waals surface area contributed by atoms with Crippen molar-refractivity contribution in [3.05, 3.63) is 36.0 Å². The Labute approximate surface area is 108 Å². The Morgan fingerprint density at radius 2 is 1.75 bits per heavy atom. The number of aromatic nitrogens is 1. The van der Waals surface area contributed by atoms with Crippen molar-refractivity contribution in [2.75, 3.05) is 0 Å². The van der Waals surface area contributed by atoms with E-state index in [1.54, 1.807) is 6.07 Å². The van der Waals surface area contributed by atoms with Crippen LogP contribution < -0.4 is 0 Å². The minimum absolute atomic E-state index is 0. The molecule has 0 aliphatic carbocycles. The average Bonchev–Trinajstić information content (AvgIpc) is 2.16. The molecule has 0 saturated carbocycles. The largest absolute Gasteiger partial charge is 0.506 e. The second-order valence-corrected chi connectivity index (χ2v) is 4.80. The summed E-state index contributed by atoms with van der Waals surface area (Å²) >= 11 is 0. The Kier molecular flexibility index (Phi) is 3.67. The summed E-state index contributed by atoms with van der Waals surface area (Å²) in [6, 6.07) is 9.47. The van der Waals surface area contributed by atoms with Crippen molar-refractivity contribution in [1.82, 2.24) is 4.98 Å². The van der Waals surface area contributed by atoms with Crippen molar-refractivity contribution < 1.29 is 5.11 Å². The van der Waals surface area contributed by atoms with E-state index in [1.165, 1.54) is 0 Å². The first kappa shape index (κ1) is 13.1. The molecule has 1 heterocycles. The third kappa shape index (κ3) is 2.40. The van der Waals surface area contributed by atoms with Crippen LogP contribution >= 0.6 is 0 Å². The molecule has 0 spiro atoms. The van der Waals surface area contributed by atoms with Crippen LogP contribution in [0.3, 0.4) is 0 Å². The maximum atomic E-state index is 9.70. The zero-order chi connectivity index (χ0) is 11.1. The number of pyridine rings is 1. The molecule has 1 aromatic heterocycles. The minimum atomic E-state index is 0. The standard InChI is InChI=1S/C13H15NO.Li/c1-13(2,3)11-8-7-9-5-4-6-10(15)12(9)14-11;/h4-8,15H,1-3H3;. The molecule has 2 nitrogen and oxygen atoms in total. The van der Waals surface area contributed by atoms with E-state index in [4.69, 9.17) is 0 Å². The van der Waals surface area contributed by atoms with Gasteiger partial charge in [-0.3, -0.25) is 0 Å². The zero-order valence-corrected chi connectivity index (χ0v) is 10.3. The van der Waals surface area contributed by atoms with Gasteiger partial charge in [0, 0.05) is 35.4 Å². The van der Waals surface area contributed by atoms with E-state index in [0.29, 0.717) is 5.52 Å². The summed E-state index contributed by atoms with van der Waals surface area (Å²) < 4.78 is 0. The van der Waals surface area contributed by atoms with Gasteiger partial charge in [-0.1, -0.05) is 39.0 Å². The number of phenols is 1. The topological polar surface area (TPSA) is 33.1 Å². The first-order valence-corrected chi connectivity index (χ1v) is 5.08. The van der Waals surface area contributed by atoms with E-state index >= 15 is 0 Å². The fourth-order valence-corrected chi connectivity index (χ4v) is 1.55. The number of rotatable bonds is 0. The maximum absolute atomic E-state index is 9.70. The molecule has 0 aliphatic heterocycles. The molecule has 0 saturated heterocycles. The summed E-state index contributed by atoms with van der Waals surface area (Å²) in [6.45, 7) is 6.34. The minimum Gasteiger partial charge on any atom is -0.506 e. The fraction of sp³-hybridized carbons (Fsp3) is 0.308. The summed E-state index contributed by atoms with van der Waals surface area (Å²) in [6.07, 6.45) is 0. The van der Waals surface area contributed by atoms with Crippen LogP contribution in [0.4, 0.5) is 0 Å². The van der Waals surface area contributed by atoms with Gasteiger partial charge in [0.1, 0.15) is 11.3 Å². The van der Waals surface area contributed by atoms with Gasteiger partial charge in [-0.25, -0.2) is 4.98 Å². The first-order valence-electron chi connectivity index (χ1n) is 5.08. The molecule has 0 unspecified atom stereocenters. The maximum Gasteiger partial charge on any atom is 0.141 e. The zero-order valence-electron chi connectivity index (χ0n) is 10.3. The van der Waals surface area contributed by atoms with Crippen LogP contribution in [0.5, 0.6) is 5.75 Å². The second-order valence-electron chi connectivity index (χ2n) is 4.80. The Hall–Kier alpha value is -0.973. The smallest absolute Gasteiger partial charge is 0.141 e. The van der Waals surface area contributed by atoms with E-state index in [2.05, 4.69) is 25.8 Å². The Balaban J connectivity index is 0.00000128. The van der Waals surface area contributed by atoms with Gasteiger partial charge in [-0.05, 0) is 12.1 Å². The van der Waals surface area contributed by atoms with Crippen LogP contribution in [-0.2, 0) is 5.41 Å². The van der Waals surface area contributed by atoms with Crippen molar-refractivity contribution in [2.45, 2.75) is 26.2 Å². The molecule has 0 amide bonds. The average molecular weight is 208 g/mol. The van der Waals surface area contributed by atoms with Crippen LogP contribution in [0, 0.1) is 0 Å². The van der Waals surface area contributed by atoms with Crippen LogP contribution in [0.2, 0.25) is 0 Å². The van der Waals surface area contributed by atoms with Crippen molar-refractivity contribution in [3.8, 4) is 5.75 Å². The molecule has 0 fully saturated rings. The van der Waals surface area contributed by atoms with E-state index in [1.807, 2.05) is 24.3 Å². The number of fused-ring (bicyclic) bond motifs is 1. The Morgan fingerprint density at radius 3 is 2.38 bits per heavy atom. The number of benzene rings is 1. The van der Waals surface area contributed by atoms with Crippen molar-refractivity contribution in [1.29, 1.82) is 0 Å². The second kappa shape index (κ2) is 4.49. The van der Waals surface area contributed by atoms with Crippen LogP contribution in [-0.4, -0.2) is 29.0 Å². The van der Waals surface area contributed by atoms with E-state index < -0.39 is 0 Å². The molecule has 2 aromatic rings. The van der Waals surface area contributed by atoms with Gasteiger partial charge in [0.05, 0.1) is 0 Å².